The van der Waals surface area contributed by atoms with Crippen LogP contribution in [0.2, 0.25) is 0 Å². The van der Waals surface area contributed by atoms with Gasteiger partial charge in [-0.25, -0.2) is 9.78 Å². The maximum atomic E-state index is 11.8. The molecule has 1 aromatic rings. The van der Waals surface area contributed by atoms with Crippen LogP contribution in [0.5, 0.6) is 0 Å². The van der Waals surface area contributed by atoms with Crippen molar-refractivity contribution >= 4 is 34.1 Å². The van der Waals surface area contributed by atoms with E-state index in [-0.39, 0.29) is 22.3 Å². The number of nitrogens with one attached hydrogen (secondary N) is 1. The van der Waals surface area contributed by atoms with Crippen molar-refractivity contribution in [3.63, 3.8) is 0 Å². The third kappa shape index (κ3) is 4.52. The maximum absolute atomic E-state index is 11.8. The molecule has 0 aliphatic carbocycles. The van der Waals surface area contributed by atoms with E-state index in [1.807, 2.05) is 13.8 Å². The number of ketones is 1. The lowest BCUT2D eigenvalue weighted by atomic mass is 10.3. The number of aromatic nitrogens is 1. The van der Waals surface area contributed by atoms with Gasteiger partial charge >= 0.3 is 5.97 Å². The molecular formula is C13H19N3O4S. The largest absolute Gasteiger partial charge is 0.476 e. The number of carboxylic acid groups (broad SMARTS) is 1. The van der Waals surface area contributed by atoms with E-state index in [2.05, 4.69) is 10.3 Å². The van der Waals surface area contributed by atoms with Crippen LogP contribution < -0.4 is 5.32 Å². The van der Waals surface area contributed by atoms with Gasteiger partial charge in [0.15, 0.2) is 16.6 Å². The molecule has 0 atom stereocenters. The lowest BCUT2D eigenvalue weighted by molar-refractivity contribution is -0.130. The molecule has 0 radical (unpaired) electrons. The van der Waals surface area contributed by atoms with Crippen molar-refractivity contribution in [3.05, 3.63) is 10.6 Å². The normalized spacial score (nSPS) is 10.2. The van der Waals surface area contributed by atoms with Crippen LogP contribution in [0.15, 0.2) is 0 Å². The second-order valence-electron chi connectivity index (χ2n) is 4.30. The number of Topliss-reactive ketones (excluding diaryl/α,β-unsaturated/α-hetero) is 1. The molecule has 0 saturated carbocycles. The van der Waals surface area contributed by atoms with Crippen LogP contribution in [-0.4, -0.2) is 52.3 Å². The Morgan fingerprint density at radius 3 is 2.33 bits per heavy atom. The van der Waals surface area contributed by atoms with Crippen molar-refractivity contribution in [1.29, 1.82) is 0 Å². The Morgan fingerprint density at radius 1 is 1.29 bits per heavy atom. The summed E-state index contributed by atoms with van der Waals surface area (Å²) in [5.74, 6) is -1.55. The van der Waals surface area contributed by atoms with Gasteiger partial charge in [-0.1, -0.05) is 11.3 Å². The quantitative estimate of drug-likeness (QED) is 0.709. The van der Waals surface area contributed by atoms with Gasteiger partial charge in [0, 0.05) is 33.0 Å². The van der Waals surface area contributed by atoms with E-state index in [4.69, 9.17) is 5.11 Å². The molecule has 0 aromatic carbocycles. The van der Waals surface area contributed by atoms with E-state index in [1.54, 1.807) is 4.90 Å². The average Bonchev–Trinajstić information content (AvgIpc) is 2.85. The Balaban J connectivity index is 2.64. The third-order valence-electron chi connectivity index (χ3n) is 2.88. The predicted octanol–water partition coefficient (Wildman–Crippen LogP) is 1.71. The minimum Gasteiger partial charge on any atom is -0.476 e. The molecule has 21 heavy (non-hydrogen) atoms. The highest BCUT2D eigenvalue weighted by atomic mass is 32.1. The van der Waals surface area contributed by atoms with Crippen molar-refractivity contribution in [2.24, 2.45) is 0 Å². The Kier molecular flexibility index (Phi) is 6.29. The van der Waals surface area contributed by atoms with Gasteiger partial charge in [-0.3, -0.25) is 9.59 Å². The molecule has 7 nitrogen and oxygen atoms in total. The van der Waals surface area contributed by atoms with Crippen LogP contribution in [-0.2, 0) is 4.79 Å². The van der Waals surface area contributed by atoms with Gasteiger partial charge in [-0.05, 0) is 13.8 Å². The first-order valence-electron chi connectivity index (χ1n) is 6.67. The van der Waals surface area contributed by atoms with Gasteiger partial charge in [0.2, 0.25) is 5.91 Å². The first-order chi connectivity index (χ1) is 9.90. The summed E-state index contributed by atoms with van der Waals surface area (Å²) < 4.78 is 0. The SMILES string of the molecule is CCN(CC)C(=O)CCNc1nc(C(=O)O)c(C(C)=O)s1. The first-order valence-corrected chi connectivity index (χ1v) is 7.49. The van der Waals surface area contributed by atoms with E-state index in [0.717, 1.165) is 11.3 Å². The standard InChI is InChI=1S/C13H19N3O4S/c1-4-16(5-2)9(18)6-7-14-13-15-10(12(19)20)11(21-13)8(3)17/h4-7H2,1-3H3,(H,14,15)(H,19,20). The Labute approximate surface area is 127 Å². The second kappa shape index (κ2) is 7.72. The Morgan fingerprint density at radius 2 is 1.90 bits per heavy atom. The molecule has 1 aromatic heterocycles. The van der Waals surface area contributed by atoms with E-state index in [0.29, 0.717) is 31.2 Å². The summed E-state index contributed by atoms with van der Waals surface area (Å²) in [5.41, 5.74) is -0.245. The van der Waals surface area contributed by atoms with Crippen LogP contribution in [0.25, 0.3) is 0 Å². The van der Waals surface area contributed by atoms with Crippen molar-refractivity contribution in [2.45, 2.75) is 27.2 Å². The Hall–Kier alpha value is -1.96. The number of hydrogen-bond acceptors (Lipinski definition) is 6. The van der Waals surface area contributed by atoms with Crippen molar-refractivity contribution in [1.82, 2.24) is 9.88 Å². The van der Waals surface area contributed by atoms with Gasteiger partial charge in [0.25, 0.3) is 0 Å². The van der Waals surface area contributed by atoms with Gasteiger partial charge < -0.3 is 15.3 Å². The minimum atomic E-state index is -1.23. The number of carboxylic acids is 1. The second-order valence-corrected chi connectivity index (χ2v) is 5.30. The number of carbonyl (C=O) groups excluding carboxylic acids is 2. The lowest BCUT2D eigenvalue weighted by Gasteiger charge is -2.18. The van der Waals surface area contributed by atoms with Crippen LogP contribution in [0.1, 0.15) is 47.4 Å². The summed E-state index contributed by atoms with van der Waals surface area (Å²) in [6.45, 7) is 6.78. The topological polar surface area (TPSA) is 99.6 Å². The zero-order chi connectivity index (χ0) is 16.0. The van der Waals surface area contributed by atoms with E-state index in [9.17, 15) is 14.4 Å². The molecule has 0 fully saturated rings. The van der Waals surface area contributed by atoms with Gasteiger partial charge in [0.1, 0.15) is 4.88 Å². The molecule has 0 aliphatic heterocycles. The molecule has 0 bridgehead atoms. The number of anilines is 1. The highest BCUT2D eigenvalue weighted by molar-refractivity contribution is 7.17. The molecule has 8 heteroatoms. The fraction of sp³-hybridized carbons (Fsp3) is 0.538. The first kappa shape index (κ1) is 17.1. The number of thiazole rings is 1. The number of rotatable bonds is 8. The van der Waals surface area contributed by atoms with Crippen LogP contribution in [0.4, 0.5) is 5.13 Å². The van der Waals surface area contributed by atoms with E-state index < -0.39 is 5.97 Å². The molecular weight excluding hydrogens is 294 g/mol. The number of amides is 1. The fourth-order valence-corrected chi connectivity index (χ4v) is 2.67. The lowest BCUT2D eigenvalue weighted by Crippen LogP contribution is -2.31. The smallest absolute Gasteiger partial charge is 0.356 e. The monoisotopic (exact) mass is 313 g/mol. The van der Waals surface area contributed by atoms with E-state index in [1.165, 1.54) is 6.92 Å². The van der Waals surface area contributed by atoms with Gasteiger partial charge in [0.05, 0.1) is 0 Å². The van der Waals surface area contributed by atoms with Crippen molar-refractivity contribution < 1.29 is 19.5 Å². The summed E-state index contributed by atoms with van der Waals surface area (Å²) >= 11 is 0.990. The third-order valence-corrected chi connectivity index (χ3v) is 3.99. The molecule has 1 amide bonds. The highest BCUT2D eigenvalue weighted by Crippen LogP contribution is 2.23. The van der Waals surface area contributed by atoms with Crippen LogP contribution in [0, 0.1) is 0 Å². The number of aromatic carboxylic acids is 1. The van der Waals surface area contributed by atoms with E-state index >= 15 is 0 Å². The summed E-state index contributed by atoms with van der Waals surface area (Å²) in [4.78, 5) is 39.9. The summed E-state index contributed by atoms with van der Waals surface area (Å²) in [5, 5.41) is 12.2. The average molecular weight is 313 g/mol. The number of nitrogens with zero attached hydrogens (tertiary/aromatic N) is 2. The van der Waals surface area contributed by atoms with Crippen molar-refractivity contribution in [2.75, 3.05) is 25.0 Å². The molecule has 0 spiro atoms. The minimum absolute atomic E-state index is 0.0225. The molecule has 1 rings (SSSR count). The van der Waals surface area contributed by atoms with Crippen molar-refractivity contribution in [3.8, 4) is 0 Å². The predicted molar refractivity (Wildman–Crippen MR) is 80.1 cm³/mol. The van der Waals surface area contributed by atoms with Crippen LogP contribution >= 0.6 is 11.3 Å². The zero-order valence-electron chi connectivity index (χ0n) is 12.3. The fourth-order valence-electron chi connectivity index (χ4n) is 1.79. The van der Waals surface area contributed by atoms with Crippen LogP contribution in [0.3, 0.4) is 0 Å². The Bertz CT molecular complexity index is 506. The number of carbonyl (C=O) groups is 3. The summed E-state index contributed by atoms with van der Waals surface area (Å²) in [6.07, 6.45) is 0.291. The highest BCUT2D eigenvalue weighted by Gasteiger charge is 2.20. The molecule has 0 aliphatic rings. The maximum Gasteiger partial charge on any atom is 0.356 e. The summed E-state index contributed by atoms with van der Waals surface area (Å²) in [6, 6.07) is 0. The molecule has 1 heterocycles. The molecule has 2 N–H and O–H groups in total. The molecule has 0 saturated heterocycles. The van der Waals surface area contributed by atoms with Gasteiger partial charge in [-0.2, -0.15) is 0 Å². The summed E-state index contributed by atoms with van der Waals surface area (Å²) in [7, 11) is 0. The molecule has 0 unspecified atom stereocenters. The van der Waals surface area contributed by atoms with Gasteiger partial charge in [-0.15, -0.1) is 0 Å². The number of hydrogen-bond donors (Lipinski definition) is 2. The zero-order valence-corrected chi connectivity index (χ0v) is 13.1. The molecule has 116 valence electrons.